The number of nitrogens with two attached hydrogens (primary N) is 1. The van der Waals surface area contributed by atoms with Crippen LogP contribution in [0.25, 0.3) is 0 Å². The van der Waals surface area contributed by atoms with Gasteiger partial charge in [-0.15, -0.1) is 0 Å². The molecule has 1 aromatic heterocycles. The highest BCUT2D eigenvalue weighted by atomic mass is 32.2. The number of rotatable bonds is 5. The second-order valence-electron chi connectivity index (χ2n) is 4.99. The van der Waals surface area contributed by atoms with Crippen molar-refractivity contribution in [1.29, 1.82) is 0 Å². The minimum Gasteiger partial charge on any atom is -0.397 e. The third kappa shape index (κ3) is 3.95. The Labute approximate surface area is 125 Å². The van der Waals surface area contributed by atoms with Crippen molar-refractivity contribution in [3.05, 3.63) is 48.3 Å². The first-order valence-electron chi connectivity index (χ1n) is 6.58. The molecule has 0 atom stereocenters. The Balaban J connectivity index is 2.11. The van der Waals surface area contributed by atoms with Crippen LogP contribution in [0.3, 0.4) is 0 Å². The van der Waals surface area contributed by atoms with Crippen molar-refractivity contribution in [2.45, 2.75) is 11.3 Å². The zero-order valence-electron chi connectivity index (χ0n) is 12.2. The summed E-state index contributed by atoms with van der Waals surface area (Å²) in [7, 11) is -1.31. The number of aromatic nitrogens is 1. The quantitative estimate of drug-likeness (QED) is 0.852. The Kier molecular flexibility index (Phi) is 4.47. The average Bonchev–Trinajstić information content (AvgIpc) is 2.45. The maximum Gasteiger partial charge on any atom is 0.175 e. The zero-order valence-corrected chi connectivity index (χ0v) is 13.0. The molecule has 6 heteroatoms. The van der Waals surface area contributed by atoms with Gasteiger partial charge in [-0.25, -0.2) is 8.42 Å². The Bertz CT molecular complexity index is 715. The van der Waals surface area contributed by atoms with Gasteiger partial charge < -0.3 is 10.6 Å². The Hall–Kier alpha value is -2.08. The number of nitrogens with zero attached hydrogens (tertiary/aromatic N) is 2. The van der Waals surface area contributed by atoms with Crippen LogP contribution in [0.4, 0.5) is 11.4 Å². The molecule has 2 N–H and O–H groups in total. The summed E-state index contributed by atoms with van der Waals surface area (Å²) in [5.74, 6) is 0. The number of sulfone groups is 1. The number of pyridine rings is 1. The van der Waals surface area contributed by atoms with E-state index in [1.165, 1.54) is 12.3 Å². The number of benzene rings is 1. The van der Waals surface area contributed by atoms with Gasteiger partial charge in [0.15, 0.2) is 9.84 Å². The molecule has 0 aliphatic heterocycles. The number of nitrogen functional groups attached to an aromatic ring is 1. The maximum atomic E-state index is 11.5. The van der Waals surface area contributed by atoms with Crippen molar-refractivity contribution in [2.24, 2.45) is 0 Å². The fraction of sp³-hybridized carbons (Fsp3) is 0.267. The van der Waals surface area contributed by atoms with Gasteiger partial charge in [0.1, 0.15) is 0 Å². The Morgan fingerprint density at radius 2 is 2.00 bits per heavy atom. The van der Waals surface area contributed by atoms with E-state index in [-0.39, 0.29) is 4.90 Å². The minimum absolute atomic E-state index is 0.238. The fourth-order valence-electron chi connectivity index (χ4n) is 2.06. The normalized spacial score (nSPS) is 11.3. The van der Waals surface area contributed by atoms with Crippen molar-refractivity contribution in [1.82, 2.24) is 4.98 Å². The van der Waals surface area contributed by atoms with Gasteiger partial charge in [-0.1, -0.05) is 6.07 Å². The van der Waals surface area contributed by atoms with Crippen molar-refractivity contribution < 1.29 is 8.42 Å². The number of hydrogen-bond donors (Lipinski definition) is 1. The molecule has 0 spiro atoms. The monoisotopic (exact) mass is 305 g/mol. The van der Waals surface area contributed by atoms with Gasteiger partial charge in [-0.05, 0) is 30.3 Å². The predicted molar refractivity (Wildman–Crippen MR) is 85.2 cm³/mol. The van der Waals surface area contributed by atoms with Gasteiger partial charge in [-0.3, -0.25) is 4.98 Å². The largest absolute Gasteiger partial charge is 0.397 e. The van der Waals surface area contributed by atoms with Crippen LogP contribution in [0.15, 0.2) is 47.5 Å². The molecule has 0 saturated heterocycles. The lowest BCUT2D eigenvalue weighted by molar-refractivity contribution is 0.602. The summed E-state index contributed by atoms with van der Waals surface area (Å²) in [5.41, 5.74) is 8.25. The third-order valence-electron chi connectivity index (χ3n) is 3.27. The standard InChI is InChI=1S/C15H19N3O2S/c1-18(10-8-12-5-3-4-9-17-12)15-7-6-13(11-14(15)16)21(2,19)20/h3-7,9,11H,8,10,16H2,1-2H3. The summed E-state index contributed by atoms with van der Waals surface area (Å²) in [5, 5.41) is 0. The molecule has 2 aromatic rings. The average molecular weight is 305 g/mol. The van der Waals surface area contributed by atoms with E-state index in [0.717, 1.165) is 24.3 Å². The molecule has 2 rings (SSSR count). The molecule has 0 radical (unpaired) electrons. The van der Waals surface area contributed by atoms with E-state index in [1.54, 1.807) is 18.3 Å². The molecular weight excluding hydrogens is 286 g/mol. The molecule has 1 heterocycles. The van der Waals surface area contributed by atoms with E-state index >= 15 is 0 Å². The summed E-state index contributed by atoms with van der Waals surface area (Å²) >= 11 is 0. The smallest absolute Gasteiger partial charge is 0.175 e. The van der Waals surface area contributed by atoms with Gasteiger partial charge in [0.2, 0.25) is 0 Å². The molecule has 0 unspecified atom stereocenters. The van der Waals surface area contributed by atoms with E-state index in [9.17, 15) is 8.42 Å². The Morgan fingerprint density at radius 1 is 1.24 bits per heavy atom. The van der Waals surface area contributed by atoms with Gasteiger partial charge in [0.05, 0.1) is 16.3 Å². The van der Waals surface area contributed by atoms with Crippen LogP contribution in [0.2, 0.25) is 0 Å². The molecule has 0 aliphatic carbocycles. The zero-order chi connectivity index (χ0) is 15.5. The molecule has 112 valence electrons. The summed E-state index contributed by atoms with van der Waals surface area (Å²) < 4.78 is 23.0. The summed E-state index contributed by atoms with van der Waals surface area (Å²) in [6, 6.07) is 10.6. The van der Waals surface area contributed by atoms with Gasteiger partial charge in [-0.2, -0.15) is 0 Å². The summed E-state index contributed by atoms with van der Waals surface area (Å²) in [4.78, 5) is 6.51. The minimum atomic E-state index is -3.23. The van der Waals surface area contributed by atoms with Crippen LogP contribution in [0, 0.1) is 0 Å². The maximum absolute atomic E-state index is 11.5. The Morgan fingerprint density at radius 3 is 2.57 bits per heavy atom. The molecule has 0 aliphatic rings. The molecule has 21 heavy (non-hydrogen) atoms. The van der Waals surface area contributed by atoms with E-state index < -0.39 is 9.84 Å². The highest BCUT2D eigenvalue weighted by Crippen LogP contribution is 2.25. The number of anilines is 2. The molecule has 5 nitrogen and oxygen atoms in total. The lowest BCUT2D eigenvalue weighted by Crippen LogP contribution is -2.21. The highest BCUT2D eigenvalue weighted by Gasteiger charge is 2.11. The first-order chi connectivity index (χ1) is 9.88. The van der Waals surface area contributed by atoms with Crippen molar-refractivity contribution in [2.75, 3.05) is 30.5 Å². The summed E-state index contributed by atoms with van der Waals surface area (Å²) in [6.07, 6.45) is 3.74. The fourth-order valence-corrected chi connectivity index (χ4v) is 2.72. The topological polar surface area (TPSA) is 76.3 Å². The second kappa shape index (κ2) is 6.13. The third-order valence-corrected chi connectivity index (χ3v) is 4.38. The predicted octanol–water partition coefficient (Wildman–Crippen LogP) is 1.75. The molecule has 0 amide bonds. The van der Waals surface area contributed by atoms with Gasteiger partial charge in [0.25, 0.3) is 0 Å². The molecule has 1 aromatic carbocycles. The number of likely N-dealkylation sites (N-methyl/N-ethyl adjacent to an activating group) is 1. The van der Waals surface area contributed by atoms with E-state index in [2.05, 4.69) is 4.98 Å². The van der Waals surface area contributed by atoms with Crippen molar-refractivity contribution >= 4 is 21.2 Å². The van der Waals surface area contributed by atoms with Crippen LogP contribution < -0.4 is 10.6 Å². The van der Waals surface area contributed by atoms with Crippen LogP contribution in [0.5, 0.6) is 0 Å². The van der Waals surface area contributed by atoms with Gasteiger partial charge in [0, 0.05) is 38.2 Å². The lowest BCUT2D eigenvalue weighted by atomic mass is 10.2. The van der Waals surface area contributed by atoms with Crippen LogP contribution in [-0.4, -0.2) is 33.2 Å². The van der Waals surface area contributed by atoms with E-state index in [4.69, 9.17) is 5.73 Å². The van der Waals surface area contributed by atoms with Gasteiger partial charge >= 0.3 is 0 Å². The highest BCUT2D eigenvalue weighted by molar-refractivity contribution is 7.90. The van der Waals surface area contributed by atoms with E-state index in [1.807, 2.05) is 30.1 Å². The molecule has 0 saturated carbocycles. The molecular formula is C15H19N3O2S. The van der Waals surface area contributed by atoms with Crippen molar-refractivity contribution in [3.8, 4) is 0 Å². The van der Waals surface area contributed by atoms with Crippen LogP contribution >= 0.6 is 0 Å². The number of hydrogen-bond acceptors (Lipinski definition) is 5. The molecule has 0 bridgehead atoms. The first-order valence-corrected chi connectivity index (χ1v) is 8.47. The van der Waals surface area contributed by atoms with Crippen LogP contribution in [0.1, 0.15) is 5.69 Å². The van der Waals surface area contributed by atoms with Crippen molar-refractivity contribution in [3.63, 3.8) is 0 Å². The molecule has 0 fully saturated rings. The first kappa shape index (κ1) is 15.3. The van der Waals surface area contributed by atoms with Crippen LogP contribution in [-0.2, 0) is 16.3 Å². The van der Waals surface area contributed by atoms with E-state index in [0.29, 0.717) is 5.69 Å². The second-order valence-corrected chi connectivity index (χ2v) is 7.00. The summed E-state index contributed by atoms with van der Waals surface area (Å²) in [6.45, 7) is 0.749. The SMILES string of the molecule is CN(CCc1ccccn1)c1ccc(S(C)(=O)=O)cc1N. The lowest BCUT2D eigenvalue weighted by Gasteiger charge is -2.21.